The SMILES string of the molecule is O=C(COc1ccc2c(c1)CCC2)OCC(=O)N1CCSc2ccccc21. The number of thioether (sulfide) groups is 1. The number of aryl methyl sites for hydroxylation is 2. The fraction of sp³-hybridized carbons (Fsp3) is 0.333. The minimum Gasteiger partial charge on any atom is -0.482 e. The first-order valence-corrected chi connectivity index (χ1v) is 10.1. The number of carbonyl (C=O) groups excluding carboxylic acids is 2. The van der Waals surface area contributed by atoms with E-state index in [0.29, 0.717) is 12.3 Å². The molecule has 2 aromatic carbocycles. The van der Waals surface area contributed by atoms with Crippen molar-refractivity contribution in [1.29, 1.82) is 0 Å². The van der Waals surface area contributed by atoms with Crippen LogP contribution in [0.3, 0.4) is 0 Å². The lowest BCUT2D eigenvalue weighted by Crippen LogP contribution is -2.38. The number of para-hydroxylation sites is 1. The second kappa shape index (κ2) is 8.05. The topological polar surface area (TPSA) is 55.8 Å². The first kappa shape index (κ1) is 17.9. The van der Waals surface area contributed by atoms with Crippen LogP contribution in [0.1, 0.15) is 17.5 Å². The van der Waals surface area contributed by atoms with Gasteiger partial charge in [0.15, 0.2) is 13.2 Å². The Kier molecular flexibility index (Phi) is 5.34. The first-order valence-electron chi connectivity index (χ1n) is 9.13. The molecule has 1 amide bonds. The minimum atomic E-state index is -0.538. The van der Waals surface area contributed by atoms with E-state index in [2.05, 4.69) is 6.07 Å². The van der Waals surface area contributed by atoms with E-state index in [-0.39, 0.29) is 19.1 Å². The van der Waals surface area contributed by atoms with Crippen molar-refractivity contribution in [2.24, 2.45) is 0 Å². The van der Waals surface area contributed by atoms with Gasteiger partial charge in [0, 0.05) is 17.2 Å². The van der Waals surface area contributed by atoms with Gasteiger partial charge in [0.25, 0.3) is 5.91 Å². The molecule has 0 aromatic heterocycles. The van der Waals surface area contributed by atoms with E-state index in [1.54, 1.807) is 16.7 Å². The predicted molar refractivity (Wildman–Crippen MR) is 104 cm³/mol. The normalized spacial score (nSPS) is 15.0. The molecule has 27 heavy (non-hydrogen) atoms. The summed E-state index contributed by atoms with van der Waals surface area (Å²) in [4.78, 5) is 27.2. The summed E-state index contributed by atoms with van der Waals surface area (Å²) in [5, 5.41) is 0. The smallest absolute Gasteiger partial charge is 0.344 e. The number of carbonyl (C=O) groups is 2. The third-order valence-corrected chi connectivity index (χ3v) is 5.86. The van der Waals surface area contributed by atoms with E-state index in [9.17, 15) is 9.59 Å². The van der Waals surface area contributed by atoms with Crippen molar-refractivity contribution >= 4 is 29.3 Å². The highest BCUT2D eigenvalue weighted by Gasteiger charge is 2.23. The molecule has 0 unspecified atom stereocenters. The van der Waals surface area contributed by atoms with Crippen molar-refractivity contribution in [2.75, 3.05) is 30.4 Å². The molecule has 5 nitrogen and oxygen atoms in total. The van der Waals surface area contributed by atoms with Gasteiger partial charge in [0.05, 0.1) is 5.69 Å². The van der Waals surface area contributed by atoms with Crippen molar-refractivity contribution in [3.05, 3.63) is 53.6 Å². The second-order valence-corrected chi connectivity index (χ2v) is 7.73. The molecule has 0 saturated heterocycles. The van der Waals surface area contributed by atoms with E-state index in [1.807, 2.05) is 36.4 Å². The van der Waals surface area contributed by atoms with Crippen LogP contribution < -0.4 is 9.64 Å². The monoisotopic (exact) mass is 383 g/mol. The third kappa shape index (κ3) is 4.11. The largest absolute Gasteiger partial charge is 0.482 e. The lowest BCUT2D eigenvalue weighted by molar-refractivity contribution is -0.149. The Morgan fingerprint density at radius 1 is 1.04 bits per heavy atom. The van der Waals surface area contributed by atoms with Crippen molar-refractivity contribution in [2.45, 2.75) is 24.2 Å². The van der Waals surface area contributed by atoms with E-state index in [4.69, 9.17) is 9.47 Å². The fourth-order valence-electron chi connectivity index (χ4n) is 3.47. The Morgan fingerprint density at radius 2 is 1.89 bits per heavy atom. The van der Waals surface area contributed by atoms with Crippen LogP contribution in [0.4, 0.5) is 5.69 Å². The maximum absolute atomic E-state index is 12.5. The highest BCUT2D eigenvalue weighted by Crippen LogP contribution is 2.34. The Morgan fingerprint density at radius 3 is 2.81 bits per heavy atom. The number of hydrogen-bond donors (Lipinski definition) is 0. The maximum Gasteiger partial charge on any atom is 0.344 e. The standard InChI is InChI=1S/C21H21NO4S/c23-20(22-10-11-27-19-7-2-1-6-18(19)22)13-26-21(24)14-25-17-9-8-15-4-3-5-16(15)12-17/h1-2,6-9,12H,3-5,10-11,13-14H2. The van der Waals surface area contributed by atoms with Crippen LogP contribution in [0.2, 0.25) is 0 Å². The molecule has 2 aromatic rings. The molecule has 1 aliphatic heterocycles. The first-order chi connectivity index (χ1) is 13.2. The number of esters is 1. The van der Waals surface area contributed by atoms with Crippen LogP contribution in [0, 0.1) is 0 Å². The molecular formula is C21H21NO4S. The van der Waals surface area contributed by atoms with E-state index < -0.39 is 5.97 Å². The van der Waals surface area contributed by atoms with Gasteiger partial charge in [-0.05, 0) is 54.7 Å². The average molecular weight is 383 g/mol. The zero-order valence-corrected chi connectivity index (χ0v) is 15.8. The number of benzene rings is 2. The molecule has 1 aliphatic carbocycles. The quantitative estimate of drug-likeness (QED) is 0.742. The number of fused-ring (bicyclic) bond motifs is 2. The van der Waals surface area contributed by atoms with E-state index >= 15 is 0 Å². The van der Waals surface area contributed by atoms with Crippen LogP contribution in [-0.2, 0) is 27.2 Å². The summed E-state index contributed by atoms with van der Waals surface area (Å²) in [7, 11) is 0. The molecule has 0 radical (unpaired) electrons. The number of hydrogen-bond acceptors (Lipinski definition) is 5. The zero-order chi connectivity index (χ0) is 18.6. The number of ether oxygens (including phenoxy) is 2. The molecule has 0 bridgehead atoms. The van der Waals surface area contributed by atoms with Gasteiger partial charge in [-0.2, -0.15) is 0 Å². The molecule has 0 saturated carbocycles. The highest BCUT2D eigenvalue weighted by atomic mass is 32.2. The summed E-state index contributed by atoms with van der Waals surface area (Å²) in [6.45, 7) is 0.146. The van der Waals surface area contributed by atoms with Crippen molar-refractivity contribution in [3.8, 4) is 5.75 Å². The van der Waals surface area contributed by atoms with Crippen LogP contribution in [-0.4, -0.2) is 37.4 Å². The Labute approximate surface area is 162 Å². The number of nitrogens with zero attached hydrogens (tertiary/aromatic N) is 1. The van der Waals surface area contributed by atoms with Gasteiger partial charge in [-0.1, -0.05) is 18.2 Å². The molecule has 4 rings (SSSR count). The Hall–Kier alpha value is -2.47. The lowest BCUT2D eigenvalue weighted by Gasteiger charge is -2.28. The molecule has 1 heterocycles. The number of rotatable bonds is 5. The minimum absolute atomic E-state index is 0.196. The van der Waals surface area contributed by atoms with E-state index in [1.165, 1.54) is 17.5 Å². The summed E-state index contributed by atoms with van der Waals surface area (Å²) in [6, 6.07) is 13.7. The highest BCUT2D eigenvalue weighted by molar-refractivity contribution is 7.99. The summed E-state index contributed by atoms with van der Waals surface area (Å²) in [5.41, 5.74) is 3.53. The van der Waals surface area contributed by atoms with Gasteiger partial charge in [0.1, 0.15) is 5.75 Å². The molecule has 0 atom stereocenters. The summed E-state index contributed by atoms with van der Waals surface area (Å²) in [5.74, 6) is 0.746. The van der Waals surface area contributed by atoms with Gasteiger partial charge >= 0.3 is 5.97 Å². The molecule has 6 heteroatoms. The molecule has 0 N–H and O–H groups in total. The summed E-state index contributed by atoms with van der Waals surface area (Å²) >= 11 is 1.73. The summed E-state index contributed by atoms with van der Waals surface area (Å²) in [6.07, 6.45) is 3.33. The van der Waals surface area contributed by atoms with Crippen molar-refractivity contribution in [1.82, 2.24) is 0 Å². The van der Waals surface area contributed by atoms with Crippen LogP contribution in [0.15, 0.2) is 47.4 Å². The Balaban J connectivity index is 1.28. The van der Waals surface area contributed by atoms with Crippen molar-refractivity contribution in [3.63, 3.8) is 0 Å². The van der Waals surface area contributed by atoms with Crippen LogP contribution >= 0.6 is 11.8 Å². The molecule has 0 fully saturated rings. The maximum atomic E-state index is 12.5. The van der Waals surface area contributed by atoms with Gasteiger partial charge in [-0.25, -0.2) is 4.79 Å². The second-order valence-electron chi connectivity index (χ2n) is 6.59. The molecule has 2 aliphatic rings. The average Bonchev–Trinajstić information content (AvgIpc) is 3.18. The lowest BCUT2D eigenvalue weighted by atomic mass is 10.1. The molecular weight excluding hydrogens is 362 g/mol. The molecule has 0 spiro atoms. The fourth-order valence-corrected chi connectivity index (χ4v) is 4.47. The van der Waals surface area contributed by atoms with E-state index in [0.717, 1.165) is 29.2 Å². The van der Waals surface area contributed by atoms with Gasteiger partial charge in [-0.15, -0.1) is 11.8 Å². The number of anilines is 1. The Bertz CT molecular complexity index is 867. The molecule has 140 valence electrons. The third-order valence-electron chi connectivity index (χ3n) is 4.81. The van der Waals surface area contributed by atoms with Crippen LogP contribution in [0.25, 0.3) is 0 Å². The number of amides is 1. The van der Waals surface area contributed by atoms with Crippen molar-refractivity contribution < 1.29 is 19.1 Å². The van der Waals surface area contributed by atoms with Gasteiger partial charge < -0.3 is 14.4 Å². The van der Waals surface area contributed by atoms with Crippen LogP contribution in [0.5, 0.6) is 5.75 Å². The summed E-state index contributed by atoms with van der Waals surface area (Å²) < 4.78 is 10.6. The van der Waals surface area contributed by atoms with Gasteiger partial charge in [0.2, 0.25) is 0 Å². The van der Waals surface area contributed by atoms with Gasteiger partial charge in [-0.3, -0.25) is 4.79 Å². The zero-order valence-electron chi connectivity index (χ0n) is 15.0. The predicted octanol–water partition coefficient (Wildman–Crippen LogP) is 3.24.